The highest BCUT2D eigenvalue weighted by Gasteiger charge is 2.25. The second kappa shape index (κ2) is 4.74. The van der Waals surface area contributed by atoms with Crippen LogP contribution in [-0.2, 0) is 0 Å². The number of amides is 1. The number of carbonyl (C=O) groups excluding carboxylic acids is 1. The molecule has 2 rings (SSSR count). The highest BCUT2D eigenvalue weighted by Crippen LogP contribution is 2.21. The van der Waals surface area contributed by atoms with Crippen molar-refractivity contribution >= 4 is 17.7 Å². The van der Waals surface area contributed by atoms with E-state index in [0.717, 1.165) is 17.9 Å². The molecule has 16 heavy (non-hydrogen) atoms. The van der Waals surface area contributed by atoms with E-state index in [0.29, 0.717) is 0 Å². The van der Waals surface area contributed by atoms with Crippen molar-refractivity contribution in [3.63, 3.8) is 0 Å². The number of thioether (sulfide) groups is 1. The van der Waals surface area contributed by atoms with Gasteiger partial charge >= 0.3 is 0 Å². The van der Waals surface area contributed by atoms with Crippen LogP contribution in [0.2, 0.25) is 0 Å². The van der Waals surface area contributed by atoms with Crippen molar-refractivity contribution in [2.24, 2.45) is 0 Å². The van der Waals surface area contributed by atoms with Gasteiger partial charge < -0.3 is 9.88 Å². The second-order valence-corrected chi connectivity index (χ2v) is 5.01. The Bertz CT molecular complexity index is 438. The zero-order chi connectivity index (χ0) is 11.5. The van der Waals surface area contributed by atoms with Crippen molar-refractivity contribution in [3.8, 4) is 0 Å². The molecule has 1 atom stereocenters. The summed E-state index contributed by atoms with van der Waals surface area (Å²) >= 11 is 1.85. The van der Waals surface area contributed by atoms with Crippen LogP contribution in [0.3, 0.4) is 0 Å². The van der Waals surface area contributed by atoms with Crippen molar-refractivity contribution < 1.29 is 4.79 Å². The van der Waals surface area contributed by atoms with Crippen LogP contribution >= 0.6 is 11.8 Å². The number of hydrogen-bond donors (Lipinski definition) is 1. The number of aromatic amines is 1. The van der Waals surface area contributed by atoms with Crippen LogP contribution in [0.4, 0.5) is 0 Å². The van der Waals surface area contributed by atoms with Gasteiger partial charge in [-0.25, -0.2) is 0 Å². The molecule has 1 saturated heterocycles. The summed E-state index contributed by atoms with van der Waals surface area (Å²) in [5.41, 5.74) is 0.00292. The van der Waals surface area contributed by atoms with Gasteiger partial charge in [-0.3, -0.25) is 9.59 Å². The highest BCUT2D eigenvalue weighted by molar-refractivity contribution is 7.99. The van der Waals surface area contributed by atoms with E-state index in [-0.39, 0.29) is 22.9 Å². The number of nitrogens with zero attached hydrogens (tertiary/aromatic N) is 1. The van der Waals surface area contributed by atoms with Crippen molar-refractivity contribution in [2.45, 2.75) is 12.5 Å². The quantitative estimate of drug-likeness (QED) is 0.834. The molecule has 0 aromatic carbocycles. The Morgan fingerprint density at radius 3 is 3.06 bits per heavy atom. The van der Waals surface area contributed by atoms with Crippen LogP contribution < -0.4 is 5.43 Å². The Morgan fingerprint density at radius 1 is 1.62 bits per heavy atom. The summed E-state index contributed by atoms with van der Waals surface area (Å²) < 4.78 is 0. The predicted molar refractivity (Wildman–Crippen MR) is 64.9 cm³/mol. The lowest BCUT2D eigenvalue weighted by Crippen LogP contribution is -2.39. The number of nitrogens with one attached hydrogen (secondary N) is 1. The lowest BCUT2D eigenvalue weighted by molar-refractivity contribution is 0.0746. The summed E-state index contributed by atoms with van der Waals surface area (Å²) in [5.74, 6) is 1.87. The number of rotatable bonds is 2. The maximum Gasteiger partial charge on any atom is 0.259 e. The van der Waals surface area contributed by atoms with Crippen LogP contribution in [-0.4, -0.2) is 40.4 Å². The predicted octanol–water partition coefficient (Wildman–Crippen LogP) is 0.952. The third kappa shape index (κ3) is 2.14. The molecule has 1 aromatic rings. The van der Waals surface area contributed by atoms with Crippen molar-refractivity contribution in [1.29, 1.82) is 0 Å². The molecule has 0 aliphatic carbocycles. The summed E-state index contributed by atoms with van der Waals surface area (Å²) in [6.45, 7) is 0. The average Bonchev–Trinajstić information content (AvgIpc) is 2.81. The Balaban J connectivity index is 2.18. The molecule has 0 saturated carbocycles. The maximum absolute atomic E-state index is 12.0. The molecule has 1 aliphatic rings. The summed E-state index contributed by atoms with van der Waals surface area (Å²) in [6, 6.07) is 1.64. The molecule has 0 bridgehead atoms. The number of aromatic nitrogens is 1. The molecule has 0 radical (unpaired) electrons. The van der Waals surface area contributed by atoms with Gasteiger partial charge in [0.25, 0.3) is 5.91 Å². The number of hydrogen-bond acceptors (Lipinski definition) is 3. The summed E-state index contributed by atoms with van der Waals surface area (Å²) in [7, 11) is 1.77. The lowest BCUT2D eigenvalue weighted by atomic mass is 10.2. The summed E-state index contributed by atoms with van der Waals surface area (Å²) in [5, 5.41) is 0. The topological polar surface area (TPSA) is 53.2 Å². The molecule has 86 valence electrons. The molecule has 1 fully saturated rings. The summed E-state index contributed by atoms with van der Waals surface area (Å²) in [4.78, 5) is 28.0. The molecular formula is C11H14N2O2S. The van der Waals surface area contributed by atoms with Crippen LogP contribution in [0.15, 0.2) is 23.3 Å². The standard InChI is InChI=1S/C11H14N2O2S/c1-13(8-3-5-16-7-8)11(15)9-6-12-4-2-10(9)14/h2,4,6,8H,3,5,7H2,1H3,(H,12,14). The van der Waals surface area contributed by atoms with Crippen molar-refractivity contribution in [1.82, 2.24) is 9.88 Å². The van der Waals surface area contributed by atoms with Gasteiger partial charge in [-0.1, -0.05) is 0 Å². The average molecular weight is 238 g/mol. The molecule has 0 spiro atoms. The highest BCUT2D eigenvalue weighted by atomic mass is 32.2. The van der Waals surface area contributed by atoms with E-state index in [9.17, 15) is 9.59 Å². The van der Waals surface area contributed by atoms with Crippen LogP contribution in [0.25, 0.3) is 0 Å². The Hall–Kier alpha value is -1.23. The molecule has 1 amide bonds. The van der Waals surface area contributed by atoms with Crippen LogP contribution in [0.1, 0.15) is 16.8 Å². The monoisotopic (exact) mass is 238 g/mol. The molecule has 1 unspecified atom stereocenters. The van der Waals surface area contributed by atoms with E-state index in [1.807, 2.05) is 11.8 Å². The molecule has 1 aliphatic heterocycles. The normalized spacial score (nSPS) is 19.7. The lowest BCUT2D eigenvalue weighted by Gasteiger charge is -2.23. The first kappa shape index (κ1) is 11.3. The van der Waals surface area contributed by atoms with E-state index >= 15 is 0 Å². The van der Waals surface area contributed by atoms with Crippen LogP contribution in [0, 0.1) is 0 Å². The number of carbonyl (C=O) groups is 1. The van der Waals surface area contributed by atoms with Gasteiger partial charge in [-0.2, -0.15) is 11.8 Å². The van der Waals surface area contributed by atoms with Gasteiger partial charge in [0.1, 0.15) is 5.56 Å². The van der Waals surface area contributed by atoms with Crippen LogP contribution in [0.5, 0.6) is 0 Å². The van der Waals surface area contributed by atoms with Gasteiger partial charge in [0.15, 0.2) is 5.43 Å². The Morgan fingerprint density at radius 2 is 2.44 bits per heavy atom. The van der Waals surface area contributed by atoms with E-state index in [1.54, 1.807) is 11.9 Å². The van der Waals surface area contributed by atoms with Gasteiger partial charge in [0.2, 0.25) is 0 Å². The van der Waals surface area contributed by atoms with E-state index in [4.69, 9.17) is 0 Å². The largest absolute Gasteiger partial charge is 0.367 e. The zero-order valence-corrected chi connectivity index (χ0v) is 9.92. The fourth-order valence-electron chi connectivity index (χ4n) is 1.77. The van der Waals surface area contributed by atoms with Gasteiger partial charge in [0.05, 0.1) is 0 Å². The second-order valence-electron chi connectivity index (χ2n) is 3.86. The fourth-order valence-corrected chi connectivity index (χ4v) is 3.03. The third-order valence-electron chi connectivity index (χ3n) is 2.83. The first-order chi connectivity index (χ1) is 7.70. The smallest absolute Gasteiger partial charge is 0.259 e. The van der Waals surface area contributed by atoms with Gasteiger partial charge in [-0.15, -0.1) is 0 Å². The molecule has 4 nitrogen and oxygen atoms in total. The maximum atomic E-state index is 12.0. The minimum absolute atomic E-state index is 0.186. The van der Waals surface area contributed by atoms with E-state index in [1.165, 1.54) is 18.5 Å². The van der Waals surface area contributed by atoms with Gasteiger partial charge in [0, 0.05) is 37.3 Å². The first-order valence-electron chi connectivity index (χ1n) is 5.22. The van der Waals surface area contributed by atoms with Crippen molar-refractivity contribution in [2.75, 3.05) is 18.6 Å². The van der Waals surface area contributed by atoms with Crippen molar-refractivity contribution in [3.05, 3.63) is 34.2 Å². The number of H-pyrrole nitrogens is 1. The fraction of sp³-hybridized carbons (Fsp3) is 0.455. The van der Waals surface area contributed by atoms with E-state index in [2.05, 4.69) is 4.98 Å². The minimum Gasteiger partial charge on any atom is -0.367 e. The molecule has 2 heterocycles. The number of pyridine rings is 1. The Kier molecular flexibility index (Phi) is 3.33. The Labute approximate surface area is 98.0 Å². The van der Waals surface area contributed by atoms with Gasteiger partial charge in [-0.05, 0) is 12.2 Å². The van der Waals surface area contributed by atoms with E-state index < -0.39 is 0 Å². The summed E-state index contributed by atoms with van der Waals surface area (Å²) in [6.07, 6.45) is 4.02. The minimum atomic E-state index is -0.221. The zero-order valence-electron chi connectivity index (χ0n) is 9.10. The molecule has 1 N–H and O–H groups in total. The third-order valence-corrected chi connectivity index (χ3v) is 3.97. The molecular weight excluding hydrogens is 224 g/mol. The first-order valence-corrected chi connectivity index (χ1v) is 6.37. The molecule has 1 aromatic heterocycles. The SMILES string of the molecule is CN(C(=O)c1c[nH]ccc1=O)C1CCSC1. The molecule has 5 heteroatoms.